The summed E-state index contributed by atoms with van der Waals surface area (Å²) in [5, 5.41) is 0. The van der Waals surface area contributed by atoms with Gasteiger partial charge in [-0.05, 0) is 96.1 Å². The minimum Gasteiger partial charge on any atom is -0.446 e. The molecule has 1 saturated carbocycles. The number of halogens is 1. The van der Waals surface area contributed by atoms with E-state index < -0.39 is 6.04 Å². The van der Waals surface area contributed by atoms with Gasteiger partial charge in [0.05, 0.1) is 23.8 Å². The van der Waals surface area contributed by atoms with Gasteiger partial charge in [-0.2, -0.15) is 0 Å². The molecule has 2 fully saturated rings. The smallest absolute Gasteiger partial charge is 0.410 e. The number of fused-ring (bicyclic) bond motifs is 2. The molecule has 0 bridgehead atoms. The van der Waals surface area contributed by atoms with Crippen LogP contribution in [-0.4, -0.2) is 79.6 Å². The third-order valence-corrected chi connectivity index (χ3v) is 10.9. The molecule has 0 N–H and O–H groups in total. The summed E-state index contributed by atoms with van der Waals surface area (Å²) in [6, 6.07) is 20.1. The molecule has 50 heavy (non-hydrogen) atoms. The molecule has 2 atom stereocenters. The van der Waals surface area contributed by atoms with E-state index in [0.717, 1.165) is 72.9 Å². The van der Waals surface area contributed by atoms with E-state index in [2.05, 4.69) is 72.8 Å². The molecule has 3 aliphatic rings. The van der Waals surface area contributed by atoms with Gasteiger partial charge in [0.2, 0.25) is 5.91 Å². The minimum absolute atomic E-state index is 0.0492. The maximum Gasteiger partial charge on any atom is 0.410 e. The van der Waals surface area contributed by atoms with Gasteiger partial charge >= 0.3 is 6.09 Å². The van der Waals surface area contributed by atoms with Gasteiger partial charge in [-0.1, -0.05) is 61.0 Å². The zero-order valence-corrected chi connectivity index (χ0v) is 30.5. The third-order valence-electron chi connectivity index (χ3n) is 10.5. The minimum atomic E-state index is -0.701. The zero-order valence-electron chi connectivity index (χ0n) is 28.9. The number of ether oxygens (including phenoxy) is 1. The summed E-state index contributed by atoms with van der Waals surface area (Å²) in [4.78, 5) is 44.4. The van der Waals surface area contributed by atoms with E-state index in [-0.39, 0.29) is 24.1 Å². The second-order valence-corrected chi connectivity index (χ2v) is 14.9. The van der Waals surface area contributed by atoms with Gasteiger partial charge in [0.25, 0.3) is 0 Å². The zero-order chi connectivity index (χ0) is 34.5. The molecular weight excluding hydrogens is 692 g/mol. The number of hydrogen-bond acceptors (Lipinski definition) is 6. The molecule has 7 rings (SSSR count). The molecular formula is C40H47BrN6O3. The highest BCUT2D eigenvalue weighted by molar-refractivity contribution is 9.10. The molecule has 0 spiro atoms. The summed E-state index contributed by atoms with van der Waals surface area (Å²) in [7, 11) is 0. The Morgan fingerprint density at radius 2 is 1.74 bits per heavy atom. The van der Waals surface area contributed by atoms with Gasteiger partial charge in [0.1, 0.15) is 12.1 Å². The topological polar surface area (TPSA) is 83.8 Å². The van der Waals surface area contributed by atoms with E-state index in [1.165, 1.54) is 23.1 Å². The van der Waals surface area contributed by atoms with Crippen molar-refractivity contribution in [2.45, 2.75) is 89.6 Å². The molecule has 2 aliphatic carbocycles. The van der Waals surface area contributed by atoms with Crippen molar-refractivity contribution in [2.24, 2.45) is 0 Å². The summed E-state index contributed by atoms with van der Waals surface area (Å²) >= 11 is 3.65. The Morgan fingerprint density at radius 1 is 0.960 bits per heavy atom. The van der Waals surface area contributed by atoms with E-state index >= 15 is 0 Å². The number of amides is 2. The number of nitrogens with zero attached hydrogens (tertiary/aromatic N) is 6. The first-order valence-corrected chi connectivity index (χ1v) is 19.0. The van der Waals surface area contributed by atoms with Crippen molar-refractivity contribution >= 4 is 27.9 Å². The fraction of sp³-hybridized carbons (Fsp3) is 0.450. The van der Waals surface area contributed by atoms with Crippen LogP contribution in [0.3, 0.4) is 0 Å². The predicted molar refractivity (Wildman–Crippen MR) is 196 cm³/mol. The van der Waals surface area contributed by atoms with Crippen molar-refractivity contribution in [1.29, 1.82) is 0 Å². The van der Waals surface area contributed by atoms with Crippen LogP contribution in [0.4, 0.5) is 4.79 Å². The molecule has 262 valence electrons. The van der Waals surface area contributed by atoms with E-state index in [4.69, 9.17) is 9.72 Å². The lowest BCUT2D eigenvalue weighted by Crippen LogP contribution is -2.62. The molecule has 1 aliphatic heterocycles. The predicted octanol–water partition coefficient (Wildman–Crippen LogP) is 7.11. The maximum absolute atomic E-state index is 15.0. The molecule has 9 nitrogen and oxygen atoms in total. The Kier molecular flexibility index (Phi) is 10.9. The lowest BCUT2D eigenvalue weighted by molar-refractivity contribution is -0.140. The average molecular weight is 740 g/mol. The molecule has 2 amide bonds. The monoisotopic (exact) mass is 738 g/mol. The first-order chi connectivity index (χ1) is 24.4. The van der Waals surface area contributed by atoms with Gasteiger partial charge < -0.3 is 14.2 Å². The molecule has 4 aromatic rings. The summed E-state index contributed by atoms with van der Waals surface area (Å²) in [5.41, 5.74) is 6.79. The van der Waals surface area contributed by atoms with Crippen molar-refractivity contribution < 1.29 is 14.3 Å². The molecule has 0 radical (unpaired) electrons. The van der Waals surface area contributed by atoms with Gasteiger partial charge in [-0.3, -0.25) is 19.6 Å². The Bertz CT molecular complexity index is 1770. The van der Waals surface area contributed by atoms with Gasteiger partial charge in [-0.25, -0.2) is 9.78 Å². The van der Waals surface area contributed by atoms with Crippen molar-refractivity contribution in [2.75, 3.05) is 26.2 Å². The number of aromatic nitrogens is 3. The van der Waals surface area contributed by atoms with Crippen LogP contribution in [0.15, 0.2) is 83.9 Å². The number of carbonyl (C=O) groups is 2. The van der Waals surface area contributed by atoms with Crippen LogP contribution in [0.2, 0.25) is 0 Å². The van der Waals surface area contributed by atoms with Crippen molar-refractivity contribution in [3.05, 3.63) is 117 Å². The highest BCUT2D eigenvalue weighted by atomic mass is 79.9. The van der Waals surface area contributed by atoms with Gasteiger partial charge in [0.15, 0.2) is 0 Å². The second kappa shape index (κ2) is 15.9. The van der Waals surface area contributed by atoms with Crippen LogP contribution in [-0.2, 0) is 35.5 Å². The molecule has 1 saturated heterocycles. The lowest BCUT2D eigenvalue weighted by Gasteiger charge is -2.45. The van der Waals surface area contributed by atoms with Crippen molar-refractivity contribution in [3.8, 4) is 0 Å². The van der Waals surface area contributed by atoms with Crippen LogP contribution in [0.5, 0.6) is 0 Å². The van der Waals surface area contributed by atoms with Gasteiger partial charge in [0, 0.05) is 56.1 Å². The summed E-state index contributed by atoms with van der Waals surface area (Å²) in [5.74, 6) is -0.0492. The molecule has 2 aromatic heterocycles. The lowest BCUT2D eigenvalue weighted by atomic mass is 9.95. The number of benzene rings is 2. The standard InChI is InChI=1S/C40H47BrN6O3/c1-29-25-44(28-43-29)19-10-20-46(26-30-11-4-2-5-12-30)39(48)36-27-45(21-22-47(36)40(49)50-34-14-6-3-7-15-34)38-35-16-9-8-13-31(35)17-18-32-23-33(41)24-42-37(32)38/h2,4-5,8-9,11-13,16,23-25,28,34,36,38H,3,6-7,10,14-15,17-22,26-27H2,1H3/t36-,38?/m1/s1. The van der Waals surface area contributed by atoms with Crippen LogP contribution >= 0.6 is 15.9 Å². The molecule has 1 unspecified atom stereocenters. The van der Waals surface area contributed by atoms with E-state index in [0.29, 0.717) is 32.7 Å². The highest BCUT2D eigenvalue weighted by Gasteiger charge is 2.42. The number of rotatable bonds is 9. The quantitative estimate of drug-likeness (QED) is 0.182. The maximum atomic E-state index is 15.0. The number of piperazine rings is 1. The first kappa shape index (κ1) is 34.4. The third kappa shape index (κ3) is 7.97. The SMILES string of the molecule is Cc1cn(CCCN(Cc2ccccc2)C(=O)[C@H]2CN(C3c4ccccc4CCc4cc(Br)cnc43)CCN2C(=O)OC2CCCCC2)cn1. The van der Waals surface area contributed by atoms with E-state index in [1.807, 2.05) is 48.7 Å². The summed E-state index contributed by atoms with van der Waals surface area (Å²) in [6.45, 7) is 5.16. The first-order valence-electron chi connectivity index (χ1n) is 18.2. The van der Waals surface area contributed by atoms with Crippen LogP contribution in [0.1, 0.15) is 78.2 Å². The van der Waals surface area contributed by atoms with Crippen LogP contribution in [0.25, 0.3) is 0 Å². The normalized spacial score (nSPS) is 19.7. The van der Waals surface area contributed by atoms with Gasteiger partial charge in [-0.15, -0.1) is 0 Å². The number of imidazole rings is 1. The average Bonchev–Trinajstić information content (AvgIpc) is 3.48. The fourth-order valence-electron chi connectivity index (χ4n) is 7.93. The second-order valence-electron chi connectivity index (χ2n) is 14.0. The van der Waals surface area contributed by atoms with Crippen LogP contribution in [0, 0.1) is 6.92 Å². The molecule has 3 heterocycles. The van der Waals surface area contributed by atoms with Crippen LogP contribution < -0.4 is 0 Å². The Hall–Kier alpha value is -4.02. The molecule has 10 heteroatoms. The van der Waals surface area contributed by atoms with Crippen molar-refractivity contribution in [3.63, 3.8) is 0 Å². The number of aryl methyl sites for hydroxylation is 4. The van der Waals surface area contributed by atoms with E-state index in [9.17, 15) is 9.59 Å². The largest absolute Gasteiger partial charge is 0.446 e. The Morgan fingerprint density at radius 3 is 2.54 bits per heavy atom. The molecule has 2 aromatic carbocycles. The van der Waals surface area contributed by atoms with E-state index in [1.54, 1.807) is 4.90 Å². The summed E-state index contributed by atoms with van der Waals surface area (Å²) in [6.07, 6.45) is 13.0. The van der Waals surface area contributed by atoms with Crippen molar-refractivity contribution in [1.82, 2.24) is 29.2 Å². The number of pyridine rings is 1. The number of carbonyl (C=O) groups excluding carboxylic acids is 2. The highest BCUT2D eigenvalue weighted by Crippen LogP contribution is 2.38. The Balaban J connectivity index is 1.21. The Labute approximate surface area is 303 Å². The fourth-order valence-corrected chi connectivity index (χ4v) is 8.31. The summed E-state index contributed by atoms with van der Waals surface area (Å²) < 4.78 is 9.18. The number of hydrogen-bond donors (Lipinski definition) is 0.